The van der Waals surface area contributed by atoms with E-state index in [1.54, 1.807) is 18.7 Å². The molecule has 0 aliphatic carbocycles. The molecule has 0 spiro atoms. The highest BCUT2D eigenvalue weighted by Crippen LogP contribution is 2.21. The van der Waals surface area contributed by atoms with Gasteiger partial charge in [0.15, 0.2) is 0 Å². The molecule has 0 atom stereocenters. The first kappa shape index (κ1) is 12.5. The molecule has 0 bridgehead atoms. The van der Waals surface area contributed by atoms with Crippen LogP contribution in [0.5, 0.6) is 0 Å². The molecule has 88 valence electrons. The highest BCUT2D eigenvalue weighted by atomic mass is 16.6. The van der Waals surface area contributed by atoms with E-state index in [1.807, 2.05) is 26.0 Å². The molecule has 2 heterocycles. The van der Waals surface area contributed by atoms with Crippen LogP contribution >= 0.6 is 0 Å². The molecule has 4 nitrogen and oxygen atoms in total. The van der Waals surface area contributed by atoms with Crippen LogP contribution in [-0.4, -0.2) is 18.2 Å². The predicted octanol–water partition coefficient (Wildman–Crippen LogP) is 2.88. The van der Waals surface area contributed by atoms with Gasteiger partial charge in [0, 0.05) is 5.41 Å². The summed E-state index contributed by atoms with van der Waals surface area (Å²) in [5.74, 6) is 0. The molecule has 2 aliphatic heterocycles. The Morgan fingerprint density at radius 3 is 1.88 bits per heavy atom. The summed E-state index contributed by atoms with van der Waals surface area (Å²) in [5.41, 5.74) is 0.0243. The van der Waals surface area contributed by atoms with E-state index >= 15 is 0 Å². The standard InChI is InChI=1S/C7H10O.C5H8N2O/c1-7(2)3-5-8-6-4-7;1-5(2)3-7-8-4-6-5/h3-6H,1-2H3;3-4H,1-2H3. The van der Waals surface area contributed by atoms with Gasteiger partial charge in [0.1, 0.15) is 0 Å². The van der Waals surface area contributed by atoms with E-state index in [-0.39, 0.29) is 11.0 Å². The number of aliphatic imine (C=N–C) groups is 1. The van der Waals surface area contributed by atoms with Gasteiger partial charge in [-0.1, -0.05) is 19.0 Å². The summed E-state index contributed by atoms with van der Waals surface area (Å²) in [4.78, 5) is 8.45. The number of rotatable bonds is 0. The zero-order chi connectivity index (χ0) is 12.1. The van der Waals surface area contributed by atoms with Crippen LogP contribution in [0.4, 0.5) is 0 Å². The van der Waals surface area contributed by atoms with E-state index in [1.165, 1.54) is 6.40 Å². The van der Waals surface area contributed by atoms with Crippen molar-refractivity contribution in [3.8, 4) is 0 Å². The average Bonchev–Trinajstić information content (AvgIpc) is 2.17. The van der Waals surface area contributed by atoms with Crippen LogP contribution in [0.1, 0.15) is 27.7 Å². The van der Waals surface area contributed by atoms with Crippen molar-refractivity contribution >= 4 is 12.6 Å². The van der Waals surface area contributed by atoms with E-state index in [2.05, 4.69) is 28.8 Å². The first-order chi connectivity index (χ1) is 7.41. The number of oxime groups is 1. The zero-order valence-electron chi connectivity index (χ0n) is 10.2. The fourth-order valence-electron chi connectivity index (χ4n) is 0.910. The highest BCUT2D eigenvalue weighted by molar-refractivity contribution is 5.73. The lowest BCUT2D eigenvalue weighted by Crippen LogP contribution is -2.21. The molecule has 0 amide bonds. The van der Waals surface area contributed by atoms with Gasteiger partial charge in [-0.2, -0.15) is 0 Å². The van der Waals surface area contributed by atoms with Crippen LogP contribution in [0, 0.1) is 5.41 Å². The smallest absolute Gasteiger partial charge is 0.208 e. The molecular formula is C12H18N2O2. The topological polar surface area (TPSA) is 43.2 Å². The Hall–Kier alpha value is -1.58. The first-order valence-electron chi connectivity index (χ1n) is 5.16. The number of allylic oxidation sites excluding steroid dienone is 2. The average molecular weight is 222 g/mol. The second-order valence-corrected chi connectivity index (χ2v) is 4.79. The molecule has 0 N–H and O–H groups in total. The van der Waals surface area contributed by atoms with Crippen molar-refractivity contribution in [2.75, 3.05) is 0 Å². The monoisotopic (exact) mass is 222 g/mol. The first-order valence-corrected chi connectivity index (χ1v) is 5.16. The molecule has 2 rings (SSSR count). The van der Waals surface area contributed by atoms with Crippen molar-refractivity contribution in [3.63, 3.8) is 0 Å². The van der Waals surface area contributed by atoms with Gasteiger partial charge >= 0.3 is 0 Å². The van der Waals surface area contributed by atoms with Gasteiger partial charge in [-0.3, -0.25) is 0 Å². The maximum Gasteiger partial charge on any atom is 0.208 e. The predicted molar refractivity (Wildman–Crippen MR) is 65.3 cm³/mol. The molecular weight excluding hydrogens is 204 g/mol. The summed E-state index contributed by atoms with van der Waals surface area (Å²) in [6.45, 7) is 8.16. The maximum atomic E-state index is 4.84. The van der Waals surface area contributed by atoms with Gasteiger partial charge in [-0.15, -0.1) is 0 Å². The third kappa shape index (κ3) is 4.77. The summed E-state index contributed by atoms with van der Waals surface area (Å²) in [7, 11) is 0. The van der Waals surface area contributed by atoms with Crippen LogP contribution in [0.3, 0.4) is 0 Å². The largest absolute Gasteiger partial charge is 0.473 e. The van der Waals surface area contributed by atoms with Gasteiger partial charge in [0.05, 0.1) is 24.3 Å². The van der Waals surface area contributed by atoms with E-state index < -0.39 is 0 Å². The van der Waals surface area contributed by atoms with Crippen molar-refractivity contribution in [1.29, 1.82) is 0 Å². The quantitative estimate of drug-likeness (QED) is 0.632. The summed E-state index contributed by atoms with van der Waals surface area (Å²) in [5, 5.41) is 3.56. The van der Waals surface area contributed by atoms with Crippen LogP contribution in [-0.2, 0) is 9.57 Å². The summed E-state index contributed by atoms with van der Waals surface area (Å²) in [6, 6.07) is 0. The number of nitrogens with zero attached hydrogens (tertiary/aromatic N) is 2. The van der Waals surface area contributed by atoms with Crippen molar-refractivity contribution in [2.45, 2.75) is 33.2 Å². The summed E-state index contributed by atoms with van der Waals surface area (Å²) >= 11 is 0. The van der Waals surface area contributed by atoms with Gasteiger partial charge in [0.25, 0.3) is 0 Å². The van der Waals surface area contributed by atoms with E-state index in [0.29, 0.717) is 0 Å². The lowest BCUT2D eigenvalue weighted by Gasteiger charge is -2.16. The molecule has 0 aromatic heterocycles. The molecule has 0 aromatic rings. The van der Waals surface area contributed by atoms with Crippen molar-refractivity contribution in [2.24, 2.45) is 15.6 Å². The van der Waals surface area contributed by atoms with Crippen molar-refractivity contribution in [1.82, 2.24) is 0 Å². The number of ether oxygens (including phenoxy) is 1. The van der Waals surface area contributed by atoms with Gasteiger partial charge < -0.3 is 9.57 Å². The molecule has 2 aliphatic rings. The number of hydrogen-bond acceptors (Lipinski definition) is 4. The fraction of sp³-hybridized carbons (Fsp3) is 0.500. The van der Waals surface area contributed by atoms with Crippen molar-refractivity contribution in [3.05, 3.63) is 24.7 Å². The summed E-state index contributed by atoms with van der Waals surface area (Å²) < 4.78 is 4.84. The molecule has 16 heavy (non-hydrogen) atoms. The lowest BCUT2D eigenvalue weighted by atomic mass is 9.93. The van der Waals surface area contributed by atoms with E-state index in [4.69, 9.17) is 4.74 Å². The SMILES string of the molecule is CC1(C)C=COC=C1.CC1(C)C=NOC=N1. The Bertz CT molecular complexity index is 277. The normalized spacial score (nSPS) is 22.8. The lowest BCUT2D eigenvalue weighted by molar-refractivity contribution is 0.328. The minimum Gasteiger partial charge on any atom is -0.473 e. The molecule has 4 heteroatoms. The van der Waals surface area contributed by atoms with Crippen LogP contribution < -0.4 is 0 Å². The molecule has 0 saturated heterocycles. The van der Waals surface area contributed by atoms with Crippen LogP contribution in [0.25, 0.3) is 0 Å². The minimum atomic E-state index is -0.168. The number of hydrogen-bond donors (Lipinski definition) is 0. The van der Waals surface area contributed by atoms with E-state index in [0.717, 1.165) is 0 Å². The Labute approximate surface area is 96.3 Å². The molecule has 0 saturated carbocycles. The second-order valence-electron chi connectivity index (χ2n) is 4.79. The maximum absolute atomic E-state index is 4.84. The fourth-order valence-corrected chi connectivity index (χ4v) is 0.910. The molecule has 0 unspecified atom stereocenters. The van der Waals surface area contributed by atoms with Gasteiger partial charge in [-0.05, 0) is 26.0 Å². The van der Waals surface area contributed by atoms with E-state index in [9.17, 15) is 0 Å². The van der Waals surface area contributed by atoms with Crippen LogP contribution in [0.15, 0.2) is 34.8 Å². The van der Waals surface area contributed by atoms with Gasteiger partial charge in [0.2, 0.25) is 6.40 Å². The van der Waals surface area contributed by atoms with Crippen molar-refractivity contribution < 1.29 is 9.57 Å². The Kier molecular flexibility index (Phi) is 3.88. The minimum absolute atomic E-state index is 0.168. The van der Waals surface area contributed by atoms with Gasteiger partial charge in [-0.25, -0.2) is 4.99 Å². The Morgan fingerprint density at radius 2 is 1.62 bits per heavy atom. The third-order valence-corrected chi connectivity index (χ3v) is 2.01. The molecule has 0 aromatic carbocycles. The highest BCUT2D eigenvalue weighted by Gasteiger charge is 2.13. The Morgan fingerprint density at radius 1 is 1.00 bits per heavy atom. The molecule has 0 fully saturated rings. The second kappa shape index (κ2) is 4.96. The zero-order valence-corrected chi connectivity index (χ0v) is 10.2. The third-order valence-electron chi connectivity index (χ3n) is 2.01. The summed E-state index contributed by atoms with van der Waals surface area (Å²) in [6.07, 6.45) is 10.5. The van der Waals surface area contributed by atoms with Crippen LogP contribution in [0.2, 0.25) is 0 Å². The molecule has 0 radical (unpaired) electrons. The Balaban J connectivity index is 0.000000160.